The third kappa shape index (κ3) is 13.5. The van der Waals surface area contributed by atoms with E-state index in [1.54, 1.807) is 0 Å². The summed E-state index contributed by atoms with van der Waals surface area (Å²) < 4.78 is 63.3. The van der Waals surface area contributed by atoms with Crippen LogP contribution >= 0.6 is 0 Å². The van der Waals surface area contributed by atoms with Gasteiger partial charge in [-0.3, -0.25) is 0 Å². The zero-order chi connectivity index (χ0) is 12.2. The van der Waals surface area contributed by atoms with Gasteiger partial charge in [0.2, 0.25) is 0 Å². The Morgan fingerprint density at radius 1 is 0.933 bits per heavy atom. The summed E-state index contributed by atoms with van der Waals surface area (Å²) in [6.45, 7) is 0. The molecule has 0 aliphatic heterocycles. The van der Waals surface area contributed by atoms with Crippen molar-refractivity contribution in [2.24, 2.45) is 0 Å². The molecule has 0 saturated carbocycles. The fourth-order valence-corrected chi connectivity index (χ4v) is 0. The Labute approximate surface area is 100 Å². The Balaban J connectivity index is -0.000000180. The second kappa shape index (κ2) is 6.90. The van der Waals surface area contributed by atoms with Gasteiger partial charge in [0.05, 0.1) is 0 Å². The molecule has 0 unspecified atom stereocenters. The summed E-state index contributed by atoms with van der Waals surface area (Å²) in [6.07, 6.45) is -10.3. The topological polar surface area (TPSA) is 77.4 Å². The molecule has 84 valence electrons. The molecule has 0 heterocycles. The molecule has 0 aliphatic rings. The van der Waals surface area contributed by atoms with E-state index < -0.39 is 24.3 Å². The molecule has 0 atom stereocenters. The van der Waals surface area contributed by atoms with Crippen LogP contribution in [0.15, 0.2) is 0 Å². The molecular formula is C4HF6NaO4. The molecule has 0 fully saturated rings. The van der Waals surface area contributed by atoms with Gasteiger partial charge < -0.3 is 15.0 Å². The van der Waals surface area contributed by atoms with E-state index in [1.165, 1.54) is 0 Å². The number of aliphatic carboxylic acids is 2. The van der Waals surface area contributed by atoms with E-state index >= 15 is 0 Å². The first-order chi connectivity index (χ1) is 5.89. The molecule has 0 bridgehead atoms. The molecule has 0 saturated heterocycles. The van der Waals surface area contributed by atoms with E-state index in [1.807, 2.05) is 0 Å². The van der Waals surface area contributed by atoms with Gasteiger partial charge in [-0.05, 0) is 0 Å². The molecular weight excluding hydrogens is 249 g/mol. The molecule has 15 heavy (non-hydrogen) atoms. The van der Waals surface area contributed by atoms with E-state index in [-0.39, 0.29) is 29.6 Å². The molecule has 0 radical (unpaired) electrons. The van der Waals surface area contributed by atoms with Crippen molar-refractivity contribution in [1.29, 1.82) is 0 Å². The second-order valence-electron chi connectivity index (χ2n) is 1.59. The van der Waals surface area contributed by atoms with Crippen molar-refractivity contribution >= 4 is 11.9 Å². The number of halogens is 6. The number of carbonyl (C=O) groups excluding carboxylic acids is 1. The van der Waals surface area contributed by atoms with Crippen LogP contribution in [-0.2, 0) is 9.59 Å². The van der Waals surface area contributed by atoms with Crippen LogP contribution in [0.25, 0.3) is 0 Å². The Morgan fingerprint density at radius 3 is 1.07 bits per heavy atom. The van der Waals surface area contributed by atoms with E-state index in [9.17, 15) is 26.3 Å². The quantitative estimate of drug-likeness (QED) is 0.365. The molecule has 0 aromatic rings. The maximum absolute atomic E-state index is 10.6. The van der Waals surface area contributed by atoms with Crippen LogP contribution < -0.4 is 34.7 Å². The fourth-order valence-electron chi connectivity index (χ4n) is 0. The monoisotopic (exact) mass is 250 g/mol. The van der Waals surface area contributed by atoms with Crippen LogP contribution in [0.5, 0.6) is 0 Å². The Bertz CT molecular complexity index is 196. The van der Waals surface area contributed by atoms with Crippen LogP contribution in [0.2, 0.25) is 0 Å². The van der Waals surface area contributed by atoms with E-state index in [4.69, 9.17) is 19.8 Å². The Hall–Kier alpha value is -0.480. The number of hydrogen-bond acceptors (Lipinski definition) is 3. The summed E-state index contributed by atoms with van der Waals surface area (Å²) in [5.41, 5.74) is 0. The maximum Gasteiger partial charge on any atom is 1.00 e. The summed E-state index contributed by atoms with van der Waals surface area (Å²) in [6, 6.07) is 0. The molecule has 0 aromatic carbocycles. The molecule has 1 N–H and O–H groups in total. The van der Waals surface area contributed by atoms with Crippen molar-refractivity contribution in [3.8, 4) is 0 Å². The largest absolute Gasteiger partial charge is 1.00 e. The normalized spacial score (nSPS) is 10.5. The van der Waals surface area contributed by atoms with E-state index in [0.29, 0.717) is 0 Å². The standard InChI is InChI=1S/2C2HF3O2.Na/c2*3-2(4,5)1(6)7;/h2*(H,6,7);/q;;+1/p-1. The van der Waals surface area contributed by atoms with E-state index in [2.05, 4.69) is 0 Å². The fraction of sp³-hybridized carbons (Fsp3) is 0.500. The number of carboxylic acids is 2. The number of carboxylic acid groups (broad SMARTS) is 2. The number of rotatable bonds is 0. The van der Waals surface area contributed by atoms with Gasteiger partial charge in [-0.25, -0.2) is 4.79 Å². The summed E-state index contributed by atoms with van der Waals surface area (Å²) in [5.74, 6) is -5.76. The molecule has 0 aromatic heterocycles. The molecule has 0 amide bonds. The minimum Gasteiger partial charge on any atom is -0.542 e. The molecule has 0 spiro atoms. The SMILES string of the molecule is O=C(O)C(F)(F)F.O=C([O-])C(F)(F)F.[Na+]. The Morgan fingerprint density at radius 2 is 1.07 bits per heavy atom. The molecule has 4 nitrogen and oxygen atoms in total. The van der Waals surface area contributed by atoms with Crippen molar-refractivity contribution in [2.45, 2.75) is 12.4 Å². The van der Waals surface area contributed by atoms with E-state index in [0.717, 1.165) is 0 Å². The average Bonchev–Trinajstić information content (AvgIpc) is 1.83. The summed E-state index contributed by atoms with van der Waals surface area (Å²) in [7, 11) is 0. The van der Waals surface area contributed by atoms with Crippen LogP contribution in [0.4, 0.5) is 26.3 Å². The number of hydrogen-bond donors (Lipinski definition) is 1. The second-order valence-corrected chi connectivity index (χ2v) is 1.59. The van der Waals surface area contributed by atoms with Crippen LogP contribution in [0.1, 0.15) is 0 Å². The van der Waals surface area contributed by atoms with Gasteiger partial charge in [0.15, 0.2) is 0 Å². The van der Waals surface area contributed by atoms with Gasteiger partial charge in [-0.2, -0.15) is 26.3 Å². The molecule has 0 rings (SSSR count). The first-order valence-corrected chi connectivity index (χ1v) is 2.47. The number of carbonyl (C=O) groups is 2. The van der Waals surface area contributed by atoms with Gasteiger partial charge in [0.1, 0.15) is 5.97 Å². The zero-order valence-electron chi connectivity index (χ0n) is 6.94. The minimum absolute atomic E-state index is 0. The average molecular weight is 250 g/mol. The number of alkyl halides is 6. The first kappa shape index (κ1) is 20.0. The van der Waals surface area contributed by atoms with Gasteiger partial charge in [-0.15, -0.1) is 0 Å². The Kier molecular flexibility index (Phi) is 9.21. The summed E-state index contributed by atoms with van der Waals surface area (Å²) >= 11 is 0. The first-order valence-electron chi connectivity index (χ1n) is 2.47. The van der Waals surface area contributed by atoms with Gasteiger partial charge in [-0.1, -0.05) is 0 Å². The van der Waals surface area contributed by atoms with Crippen molar-refractivity contribution in [3.05, 3.63) is 0 Å². The third-order valence-corrected chi connectivity index (χ3v) is 0.474. The predicted molar refractivity (Wildman–Crippen MR) is 24.8 cm³/mol. The van der Waals surface area contributed by atoms with Crippen LogP contribution in [0, 0.1) is 0 Å². The van der Waals surface area contributed by atoms with Crippen molar-refractivity contribution in [1.82, 2.24) is 0 Å². The van der Waals surface area contributed by atoms with Crippen LogP contribution in [0.3, 0.4) is 0 Å². The minimum atomic E-state index is -5.19. The van der Waals surface area contributed by atoms with Crippen molar-refractivity contribution in [3.63, 3.8) is 0 Å². The maximum atomic E-state index is 10.6. The van der Waals surface area contributed by atoms with Crippen molar-refractivity contribution < 1.29 is 75.7 Å². The van der Waals surface area contributed by atoms with Crippen molar-refractivity contribution in [2.75, 3.05) is 0 Å². The molecule has 11 heteroatoms. The van der Waals surface area contributed by atoms with Gasteiger partial charge in [0, 0.05) is 0 Å². The molecule has 0 aliphatic carbocycles. The summed E-state index contributed by atoms with van der Waals surface area (Å²) in [4.78, 5) is 17.7. The van der Waals surface area contributed by atoms with Crippen LogP contribution in [-0.4, -0.2) is 29.4 Å². The predicted octanol–water partition coefficient (Wildman–Crippen LogP) is -3.06. The zero-order valence-corrected chi connectivity index (χ0v) is 8.94. The van der Waals surface area contributed by atoms with Gasteiger partial charge >= 0.3 is 47.9 Å². The van der Waals surface area contributed by atoms with Gasteiger partial charge in [0.25, 0.3) is 0 Å². The third-order valence-electron chi connectivity index (χ3n) is 0.474. The smallest absolute Gasteiger partial charge is 0.542 e. The summed E-state index contributed by atoms with van der Waals surface area (Å²) in [5, 5.41) is 15.9.